The molecular weight excluding hydrogens is 305 g/mol. The molecule has 100 valence electrons. The van der Waals surface area contributed by atoms with Gasteiger partial charge in [0, 0.05) is 17.1 Å². The Labute approximate surface area is 122 Å². The van der Waals surface area contributed by atoms with E-state index in [1.54, 1.807) is 0 Å². The van der Waals surface area contributed by atoms with Crippen LogP contribution in [0.25, 0.3) is 0 Å². The molecule has 0 aliphatic rings. The van der Waals surface area contributed by atoms with Crippen LogP contribution in [0, 0.1) is 12.7 Å². The lowest BCUT2D eigenvalue weighted by molar-refractivity contribution is 0.567. The van der Waals surface area contributed by atoms with Gasteiger partial charge in [-0.25, -0.2) is 4.39 Å². The summed E-state index contributed by atoms with van der Waals surface area (Å²) in [7, 11) is 0. The number of halogens is 2. The van der Waals surface area contributed by atoms with Crippen molar-refractivity contribution in [3.63, 3.8) is 0 Å². The molecule has 2 aromatic rings. The van der Waals surface area contributed by atoms with E-state index in [9.17, 15) is 4.39 Å². The molecule has 0 saturated carbocycles. The highest BCUT2D eigenvalue weighted by Gasteiger charge is 2.10. The van der Waals surface area contributed by atoms with Crippen LogP contribution in [0.5, 0.6) is 0 Å². The molecule has 1 unspecified atom stereocenters. The first-order valence-electron chi connectivity index (χ1n) is 6.31. The summed E-state index contributed by atoms with van der Waals surface area (Å²) in [4.78, 5) is 0. The van der Waals surface area contributed by atoms with Gasteiger partial charge in [0.25, 0.3) is 0 Å². The van der Waals surface area contributed by atoms with Crippen LogP contribution < -0.4 is 5.32 Å². The zero-order valence-corrected chi connectivity index (χ0v) is 12.7. The van der Waals surface area contributed by atoms with Gasteiger partial charge in [-0.3, -0.25) is 0 Å². The van der Waals surface area contributed by atoms with Crippen LogP contribution in [0.15, 0.2) is 46.9 Å². The quantitative estimate of drug-likeness (QED) is 0.857. The number of hydrogen-bond acceptors (Lipinski definition) is 1. The molecule has 0 fully saturated rings. The van der Waals surface area contributed by atoms with Gasteiger partial charge < -0.3 is 5.32 Å². The molecule has 0 amide bonds. The van der Waals surface area contributed by atoms with E-state index in [-0.39, 0.29) is 11.9 Å². The first-order chi connectivity index (χ1) is 9.08. The third kappa shape index (κ3) is 3.64. The smallest absolute Gasteiger partial charge is 0.124 e. The van der Waals surface area contributed by atoms with Gasteiger partial charge in [0.05, 0.1) is 0 Å². The van der Waals surface area contributed by atoms with Crippen molar-refractivity contribution in [2.75, 3.05) is 0 Å². The minimum Gasteiger partial charge on any atom is -0.306 e. The van der Waals surface area contributed by atoms with Crippen LogP contribution in [0.4, 0.5) is 4.39 Å². The highest BCUT2D eigenvalue weighted by atomic mass is 79.9. The first kappa shape index (κ1) is 14.2. The Morgan fingerprint density at radius 3 is 2.63 bits per heavy atom. The van der Waals surface area contributed by atoms with Crippen LogP contribution in [-0.4, -0.2) is 0 Å². The van der Waals surface area contributed by atoms with Gasteiger partial charge in [-0.05, 0) is 42.7 Å². The summed E-state index contributed by atoms with van der Waals surface area (Å²) in [6.07, 6.45) is 0. The van der Waals surface area contributed by atoms with Crippen molar-refractivity contribution in [2.24, 2.45) is 0 Å². The van der Waals surface area contributed by atoms with Crippen molar-refractivity contribution in [2.45, 2.75) is 26.4 Å². The maximum atomic E-state index is 13.1. The summed E-state index contributed by atoms with van der Waals surface area (Å²) in [6, 6.07) is 13.3. The van der Waals surface area contributed by atoms with E-state index in [1.807, 2.05) is 18.2 Å². The summed E-state index contributed by atoms with van der Waals surface area (Å²) in [5, 5.41) is 3.46. The maximum Gasteiger partial charge on any atom is 0.124 e. The molecule has 0 aliphatic carbocycles. The van der Waals surface area contributed by atoms with Gasteiger partial charge in [0.1, 0.15) is 5.82 Å². The maximum absolute atomic E-state index is 13.1. The first-order valence-corrected chi connectivity index (χ1v) is 7.10. The Bertz CT molecular complexity index is 568. The molecule has 1 nitrogen and oxygen atoms in total. The molecule has 1 N–H and O–H groups in total. The van der Waals surface area contributed by atoms with Crippen molar-refractivity contribution in [3.05, 3.63) is 69.4 Å². The SMILES string of the molecule is Cc1ccccc1CNC(C)c1ccc(F)cc1Br. The Morgan fingerprint density at radius 2 is 1.95 bits per heavy atom. The summed E-state index contributed by atoms with van der Waals surface area (Å²) in [6.45, 7) is 4.99. The molecule has 19 heavy (non-hydrogen) atoms. The van der Waals surface area contributed by atoms with Crippen molar-refractivity contribution < 1.29 is 4.39 Å². The second kappa shape index (κ2) is 6.31. The van der Waals surface area contributed by atoms with Crippen molar-refractivity contribution >= 4 is 15.9 Å². The third-order valence-corrected chi connectivity index (χ3v) is 3.98. The Balaban J connectivity index is 2.05. The Kier molecular flexibility index (Phi) is 4.72. The molecule has 0 aromatic heterocycles. The summed E-state index contributed by atoms with van der Waals surface area (Å²) in [5.41, 5.74) is 3.63. The molecule has 0 spiro atoms. The number of benzene rings is 2. The van der Waals surface area contributed by atoms with Crippen molar-refractivity contribution in [3.8, 4) is 0 Å². The molecular formula is C16H17BrFN. The molecule has 2 rings (SSSR count). The zero-order valence-electron chi connectivity index (χ0n) is 11.1. The fraction of sp³-hybridized carbons (Fsp3) is 0.250. The average Bonchev–Trinajstić information content (AvgIpc) is 2.37. The summed E-state index contributed by atoms with van der Waals surface area (Å²) in [5.74, 6) is -0.221. The van der Waals surface area contributed by atoms with E-state index in [0.717, 1.165) is 16.6 Å². The van der Waals surface area contributed by atoms with Crippen LogP contribution in [-0.2, 0) is 6.54 Å². The van der Waals surface area contributed by atoms with E-state index < -0.39 is 0 Å². The van der Waals surface area contributed by atoms with Crippen molar-refractivity contribution in [1.29, 1.82) is 0 Å². The van der Waals surface area contributed by atoms with Gasteiger partial charge in [-0.15, -0.1) is 0 Å². The molecule has 0 bridgehead atoms. The van der Waals surface area contributed by atoms with Gasteiger partial charge in [-0.2, -0.15) is 0 Å². The van der Waals surface area contributed by atoms with E-state index in [1.165, 1.54) is 23.3 Å². The topological polar surface area (TPSA) is 12.0 Å². The second-order valence-electron chi connectivity index (χ2n) is 4.69. The highest BCUT2D eigenvalue weighted by molar-refractivity contribution is 9.10. The number of rotatable bonds is 4. The summed E-state index contributed by atoms with van der Waals surface area (Å²) >= 11 is 3.41. The molecule has 0 heterocycles. The number of nitrogens with one attached hydrogen (secondary N) is 1. The van der Waals surface area contributed by atoms with Gasteiger partial charge in [0.2, 0.25) is 0 Å². The standard InChI is InChI=1S/C16H17BrFN/c1-11-5-3-4-6-13(11)10-19-12(2)15-8-7-14(18)9-16(15)17/h3-9,12,19H,10H2,1-2H3. The lowest BCUT2D eigenvalue weighted by Crippen LogP contribution is -2.19. The monoisotopic (exact) mass is 321 g/mol. The van der Waals surface area contributed by atoms with Crippen LogP contribution >= 0.6 is 15.9 Å². The van der Waals surface area contributed by atoms with Gasteiger partial charge in [0.15, 0.2) is 0 Å². The molecule has 0 aliphatic heterocycles. The normalized spacial score (nSPS) is 12.4. The predicted octanol–water partition coefficient (Wildman–Crippen LogP) is 4.75. The van der Waals surface area contributed by atoms with E-state index in [2.05, 4.69) is 47.2 Å². The highest BCUT2D eigenvalue weighted by Crippen LogP contribution is 2.24. The van der Waals surface area contributed by atoms with E-state index in [0.29, 0.717) is 0 Å². The van der Waals surface area contributed by atoms with Gasteiger partial charge >= 0.3 is 0 Å². The summed E-state index contributed by atoms with van der Waals surface area (Å²) < 4.78 is 13.9. The minimum absolute atomic E-state index is 0.162. The lowest BCUT2D eigenvalue weighted by Gasteiger charge is -2.17. The zero-order chi connectivity index (χ0) is 13.8. The number of aryl methyl sites for hydroxylation is 1. The molecule has 3 heteroatoms. The van der Waals surface area contributed by atoms with E-state index in [4.69, 9.17) is 0 Å². The number of hydrogen-bond donors (Lipinski definition) is 1. The third-order valence-electron chi connectivity index (χ3n) is 3.29. The fourth-order valence-electron chi connectivity index (χ4n) is 2.03. The molecule has 1 atom stereocenters. The Hall–Kier alpha value is -1.19. The van der Waals surface area contributed by atoms with Crippen LogP contribution in [0.1, 0.15) is 29.7 Å². The second-order valence-corrected chi connectivity index (χ2v) is 5.55. The largest absolute Gasteiger partial charge is 0.306 e. The molecule has 0 saturated heterocycles. The average molecular weight is 322 g/mol. The fourth-order valence-corrected chi connectivity index (χ4v) is 2.73. The lowest BCUT2D eigenvalue weighted by atomic mass is 10.1. The molecule has 0 radical (unpaired) electrons. The van der Waals surface area contributed by atoms with E-state index >= 15 is 0 Å². The van der Waals surface area contributed by atoms with Crippen LogP contribution in [0.3, 0.4) is 0 Å². The van der Waals surface area contributed by atoms with Crippen molar-refractivity contribution in [1.82, 2.24) is 5.32 Å². The predicted molar refractivity (Wildman–Crippen MR) is 80.5 cm³/mol. The molecule has 2 aromatic carbocycles. The van der Waals surface area contributed by atoms with Gasteiger partial charge in [-0.1, -0.05) is 46.3 Å². The minimum atomic E-state index is -0.221. The Morgan fingerprint density at radius 1 is 1.21 bits per heavy atom. The van der Waals surface area contributed by atoms with Crippen LogP contribution in [0.2, 0.25) is 0 Å².